The molecule has 0 radical (unpaired) electrons. The van der Waals surface area contributed by atoms with Gasteiger partial charge in [-0.3, -0.25) is 4.90 Å². The quantitative estimate of drug-likeness (QED) is 0.350. The highest BCUT2D eigenvalue weighted by Crippen LogP contribution is 2.44. The first kappa shape index (κ1) is 27.1. The fraction of sp³-hybridized carbons (Fsp3) is 0.533. The number of rotatable bonds is 10. The predicted octanol–water partition coefficient (Wildman–Crippen LogP) is 4.91. The van der Waals surface area contributed by atoms with Crippen molar-refractivity contribution in [1.29, 1.82) is 0 Å². The van der Waals surface area contributed by atoms with Gasteiger partial charge in [0.2, 0.25) is 0 Å². The first-order valence-corrected chi connectivity index (χ1v) is 13.7. The Labute approximate surface area is 223 Å². The van der Waals surface area contributed by atoms with Crippen molar-refractivity contribution >= 4 is 10.9 Å². The normalized spacial score (nSPS) is 21.9. The number of unbranched alkanes of at least 4 members (excludes halogenated alkanes) is 1. The van der Waals surface area contributed by atoms with Crippen molar-refractivity contribution in [3.63, 3.8) is 0 Å². The number of aromatic nitrogens is 1. The number of likely N-dealkylation sites (tertiary alicyclic amines) is 1. The Morgan fingerprint density at radius 2 is 1.95 bits per heavy atom. The Bertz CT molecular complexity index is 1260. The smallest absolute Gasteiger partial charge is 0.283 e. The number of fused-ring (bicyclic) bond motifs is 3. The van der Waals surface area contributed by atoms with Crippen molar-refractivity contribution in [3.8, 4) is 5.75 Å². The van der Waals surface area contributed by atoms with Crippen molar-refractivity contribution in [3.05, 3.63) is 64.8 Å². The van der Waals surface area contributed by atoms with Crippen LogP contribution >= 0.6 is 0 Å². The number of H-pyrrole nitrogens is 1. The van der Waals surface area contributed by atoms with E-state index in [1.165, 1.54) is 0 Å². The van der Waals surface area contributed by atoms with Crippen LogP contribution in [-0.4, -0.2) is 76.9 Å². The molecule has 3 aromatic rings. The van der Waals surface area contributed by atoms with Crippen LogP contribution in [0.25, 0.3) is 10.9 Å². The van der Waals surface area contributed by atoms with Crippen LogP contribution in [0.1, 0.15) is 61.2 Å². The molecule has 206 valence electrons. The van der Waals surface area contributed by atoms with E-state index >= 15 is 0 Å². The molecule has 1 aromatic heterocycles. The van der Waals surface area contributed by atoms with E-state index in [9.17, 15) is 19.0 Å². The average molecular weight is 528 g/mol. The van der Waals surface area contributed by atoms with Crippen molar-refractivity contribution in [1.82, 2.24) is 14.8 Å². The number of aliphatic hydroxyl groups is 2. The zero-order chi connectivity index (χ0) is 27.0. The standard InChI is InChI=1S/C30H39F2N3O3/c1-4-5-12-34-15-21(16-34)29(37)23-11-10-20(14-26(23)38-3)28-27-24(22-8-6-7-9-25(22)33-27)13-19(2)35(28)17-30(31,32)18-36/h6-11,14,19,21,28-29,33,36-37H,4-5,12-13,15-18H2,1-3H3/t19-,28-,29-/m1/s1. The molecular formula is C30H39F2N3O3. The number of ether oxygens (including phenoxy) is 1. The molecule has 0 aliphatic carbocycles. The summed E-state index contributed by atoms with van der Waals surface area (Å²) < 4.78 is 34.9. The highest BCUT2D eigenvalue weighted by molar-refractivity contribution is 5.85. The number of halogens is 2. The zero-order valence-corrected chi connectivity index (χ0v) is 22.5. The molecule has 3 atom stereocenters. The van der Waals surface area contributed by atoms with Crippen LogP contribution in [0.3, 0.4) is 0 Å². The van der Waals surface area contributed by atoms with Crippen LogP contribution in [0.15, 0.2) is 42.5 Å². The third-order valence-electron chi connectivity index (χ3n) is 8.31. The third kappa shape index (κ3) is 5.07. The maximum atomic E-state index is 14.6. The van der Waals surface area contributed by atoms with Crippen LogP contribution in [0.4, 0.5) is 8.78 Å². The van der Waals surface area contributed by atoms with Gasteiger partial charge >= 0.3 is 0 Å². The molecule has 6 nitrogen and oxygen atoms in total. The van der Waals surface area contributed by atoms with Crippen molar-refractivity contribution < 1.29 is 23.7 Å². The van der Waals surface area contributed by atoms with Crippen LogP contribution in [0.5, 0.6) is 5.75 Å². The summed E-state index contributed by atoms with van der Waals surface area (Å²) in [7, 11) is 1.58. The Morgan fingerprint density at radius 1 is 1.18 bits per heavy atom. The van der Waals surface area contributed by atoms with E-state index in [-0.39, 0.29) is 12.0 Å². The summed E-state index contributed by atoms with van der Waals surface area (Å²) in [6.07, 6.45) is 2.28. The van der Waals surface area contributed by atoms with E-state index in [1.807, 2.05) is 43.3 Å². The van der Waals surface area contributed by atoms with Gasteiger partial charge in [-0.05, 0) is 49.6 Å². The van der Waals surface area contributed by atoms with Crippen LogP contribution < -0.4 is 4.74 Å². The number of alkyl halides is 2. The Morgan fingerprint density at radius 3 is 2.66 bits per heavy atom. The average Bonchev–Trinajstić information content (AvgIpc) is 3.25. The van der Waals surface area contributed by atoms with Gasteiger partial charge in [0.15, 0.2) is 0 Å². The molecule has 8 heteroatoms. The van der Waals surface area contributed by atoms with E-state index in [4.69, 9.17) is 4.74 Å². The number of hydrogen-bond donors (Lipinski definition) is 3. The predicted molar refractivity (Wildman–Crippen MR) is 145 cm³/mol. The summed E-state index contributed by atoms with van der Waals surface area (Å²) in [6.45, 7) is 5.14. The van der Waals surface area contributed by atoms with Gasteiger partial charge in [0.25, 0.3) is 5.92 Å². The summed E-state index contributed by atoms with van der Waals surface area (Å²) in [6, 6.07) is 13.1. The Hall–Kier alpha value is -2.52. The van der Waals surface area contributed by atoms with Gasteiger partial charge in [-0.1, -0.05) is 43.7 Å². The molecule has 0 unspecified atom stereocenters. The van der Waals surface area contributed by atoms with Gasteiger partial charge in [-0.15, -0.1) is 0 Å². The zero-order valence-electron chi connectivity index (χ0n) is 22.5. The van der Waals surface area contributed by atoms with Crippen molar-refractivity contribution in [2.45, 2.75) is 57.2 Å². The largest absolute Gasteiger partial charge is 0.496 e. The molecule has 0 spiro atoms. The van der Waals surface area contributed by atoms with E-state index in [2.05, 4.69) is 22.9 Å². The van der Waals surface area contributed by atoms with Crippen LogP contribution in [0.2, 0.25) is 0 Å². The minimum absolute atomic E-state index is 0.140. The molecule has 2 aliphatic rings. The number of para-hydroxylation sites is 1. The van der Waals surface area contributed by atoms with Gasteiger partial charge in [0.05, 0.1) is 25.8 Å². The van der Waals surface area contributed by atoms with Crippen LogP contribution in [0, 0.1) is 5.92 Å². The molecule has 1 saturated heterocycles. The monoisotopic (exact) mass is 527 g/mol. The topological polar surface area (TPSA) is 72.0 Å². The lowest BCUT2D eigenvalue weighted by Gasteiger charge is -2.43. The molecule has 3 N–H and O–H groups in total. The molecule has 38 heavy (non-hydrogen) atoms. The first-order valence-electron chi connectivity index (χ1n) is 13.7. The van der Waals surface area contributed by atoms with E-state index in [0.29, 0.717) is 12.2 Å². The molecule has 5 rings (SSSR count). The second-order valence-electron chi connectivity index (χ2n) is 11.0. The SMILES string of the molecule is CCCCN1CC([C@@H](O)c2ccc([C@@H]3c4[nH]c5ccccc5c4C[C@@H](C)N3CC(F)(F)CO)cc2OC)C1. The number of aromatic amines is 1. The second-order valence-corrected chi connectivity index (χ2v) is 11.0. The lowest BCUT2D eigenvalue weighted by atomic mass is 9.85. The number of nitrogens with zero attached hydrogens (tertiary/aromatic N) is 2. The molecule has 0 bridgehead atoms. The summed E-state index contributed by atoms with van der Waals surface area (Å²) in [5.41, 5.74) is 4.53. The highest BCUT2D eigenvalue weighted by atomic mass is 19.3. The molecule has 2 aromatic carbocycles. The highest BCUT2D eigenvalue weighted by Gasteiger charge is 2.42. The number of aliphatic hydroxyl groups excluding tert-OH is 2. The summed E-state index contributed by atoms with van der Waals surface area (Å²) in [5.74, 6) is -2.53. The fourth-order valence-electron chi connectivity index (χ4n) is 6.20. The molecule has 3 heterocycles. The lowest BCUT2D eigenvalue weighted by molar-refractivity contribution is -0.0864. The van der Waals surface area contributed by atoms with Gasteiger partial charge < -0.3 is 24.8 Å². The number of benzene rings is 2. The van der Waals surface area contributed by atoms with E-state index in [1.54, 1.807) is 12.0 Å². The lowest BCUT2D eigenvalue weighted by Crippen LogP contribution is -2.49. The Balaban J connectivity index is 1.51. The van der Waals surface area contributed by atoms with Crippen molar-refractivity contribution in [2.75, 3.05) is 39.9 Å². The third-order valence-corrected chi connectivity index (χ3v) is 8.31. The number of nitrogens with one attached hydrogen (secondary N) is 1. The molecule has 0 saturated carbocycles. The van der Waals surface area contributed by atoms with Gasteiger partial charge in [0, 0.05) is 47.2 Å². The summed E-state index contributed by atoms with van der Waals surface area (Å²) in [4.78, 5) is 7.64. The molecule has 0 amide bonds. The van der Waals surface area contributed by atoms with Gasteiger partial charge in [0.1, 0.15) is 12.4 Å². The summed E-state index contributed by atoms with van der Waals surface area (Å²) >= 11 is 0. The number of methoxy groups -OCH3 is 1. The molecule has 1 fully saturated rings. The van der Waals surface area contributed by atoms with E-state index < -0.39 is 31.2 Å². The van der Waals surface area contributed by atoms with Crippen LogP contribution in [-0.2, 0) is 6.42 Å². The molecule has 2 aliphatic heterocycles. The van der Waals surface area contributed by atoms with Gasteiger partial charge in [-0.2, -0.15) is 0 Å². The number of hydrogen-bond acceptors (Lipinski definition) is 5. The second kappa shape index (κ2) is 10.9. The first-order chi connectivity index (χ1) is 18.3. The Kier molecular flexibility index (Phi) is 7.78. The van der Waals surface area contributed by atoms with Gasteiger partial charge in [-0.25, -0.2) is 8.78 Å². The maximum absolute atomic E-state index is 14.6. The fourth-order valence-corrected chi connectivity index (χ4v) is 6.20. The minimum Gasteiger partial charge on any atom is -0.496 e. The van der Waals surface area contributed by atoms with Crippen molar-refractivity contribution in [2.24, 2.45) is 5.92 Å². The summed E-state index contributed by atoms with van der Waals surface area (Å²) in [5, 5.41) is 21.6. The van der Waals surface area contributed by atoms with E-state index in [0.717, 1.165) is 65.8 Å². The minimum atomic E-state index is -3.23. The maximum Gasteiger partial charge on any atom is 0.283 e. The molecular weight excluding hydrogens is 488 g/mol.